The molecule has 1 atom stereocenters. The van der Waals surface area contributed by atoms with Crippen LogP contribution in [0.2, 0.25) is 0 Å². The van der Waals surface area contributed by atoms with E-state index < -0.39 is 6.43 Å². The predicted molar refractivity (Wildman–Crippen MR) is 79.3 cm³/mol. The van der Waals surface area contributed by atoms with Crippen LogP contribution >= 0.6 is 0 Å². The van der Waals surface area contributed by atoms with Gasteiger partial charge in [-0.25, -0.2) is 8.78 Å². The summed E-state index contributed by atoms with van der Waals surface area (Å²) >= 11 is 0. The Kier molecular flexibility index (Phi) is 5.84. The van der Waals surface area contributed by atoms with Crippen molar-refractivity contribution in [3.63, 3.8) is 0 Å². The number of hydrogen-bond acceptors (Lipinski definition) is 2. The summed E-state index contributed by atoms with van der Waals surface area (Å²) in [6, 6.07) is 16.1. The summed E-state index contributed by atoms with van der Waals surface area (Å²) in [4.78, 5) is 0. The molecule has 2 aromatic rings. The van der Waals surface area contributed by atoms with E-state index in [1.54, 1.807) is 12.1 Å². The fourth-order valence-electron chi connectivity index (χ4n) is 2.20. The minimum atomic E-state index is -2.46. The van der Waals surface area contributed by atoms with Gasteiger partial charge in [0.1, 0.15) is 0 Å². The normalized spacial score (nSPS) is 12.6. The lowest BCUT2D eigenvalue weighted by atomic mass is 10.1. The Morgan fingerprint density at radius 1 is 0.952 bits per heavy atom. The molecule has 2 rings (SSSR count). The first kappa shape index (κ1) is 15.6. The molecule has 0 fully saturated rings. The van der Waals surface area contributed by atoms with Crippen LogP contribution in [0.1, 0.15) is 23.1 Å². The quantitative estimate of drug-likeness (QED) is 0.820. The van der Waals surface area contributed by atoms with Crippen LogP contribution in [0.5, 0.6) is 0 Å². The monoisotopic (exact) mass is 291 g/mol. The van der Waals surface area contributed by atoms with Crippen molar-refractivity contribution in [2.24, 2.45) is 0 Å². The number of aliphatic hydroxyl groups is 1. The molecule has 0 aromatic heterocycles. The zero-order chi connectivity index (χ0) is 15.1. The first-order valence-corrected chi connectivity index (χ1v) is 6.94. The molecule has 0 aliphatic carbocycles. The Morgan fingerprint density at radius 3 is 2.33 bits per heavy atom. The molecule has 0 saturated carbocycles. The maximum Gasteiger partial charge on any atom is 0.263 e. The van der Waals surface area contributed by atoms with Crippen LogP contribution in [0, 0.1) is 0 Å². The number of benzene rings is 2. The standard InChI is InChI=1S/C17H19F2NO/c18-17(19)15-8-4-7-14(9-15)11-20-16(12-21)10-13-5-2-1-3-6-13/h1-9,16-17,20-21H,10-12H2. The number of halogens is 2. The van der Waals surface area contributed by atoms with E-state index >= 15 is 0 Å². The lowest BCUT2D eigenvalue weighted by Gasteiger charge is -2.16. The minimum Gasteiger partial charge on any atom is -0.395 e. The molecular formula is C17H19F2NO. The number of aliphatic hydroxyl groups excluding tert-OH is 1. The summed E-state index contributed by atoms with van der Waals surface area (Å²) in [7, 11) is 0. The van der Waals surface area contributed by atoms with E-state index in [4.69, 9.17) is 0 Å². The zero-order valence-corrected chi connectivity index (χ0v) is 11.7. The van der Waals surface area contributed by atoms with Crippen molar-refractivity contribution in [3.05, 3.63) is 71.3 Å². The number of nitrogens with one attached hydrogen (secondary N) is 1. The predicted octanol–water partition coefficient (Wildman–Crippen LogP) is 3.32. The van der Waals surface area contributed by atoms with E-state index in [9.17, 15) is 13.9 Å². The molecular weight excluding hydrogens is 272 g/mol. The fourth-order valence-corrected chi connectivity index (χ4v) is 2.20. The Labute approximate surface area is 123 Å². The van der Waals surface area contributed by atoms with E-state index in [2.05, 4.69) is 5.32 Å². The smallest absolute Gasteiger partial charge is 0.263 e. The Morgan fingerprint density at radius 2 is 1.67 bits per heavy atom. The van der Waals surface area contributed by atoms with Crippen molar-refractivity contribution in [2.75, 3.05) is 6.61 Å². The first-order valence-electron chi connectivity index (χ1n) is 6.94. The SMILES string of the molecule is OCC(Cc1ccccc1)NCc1cccc(C(F)F)c1. The number of hydrogen-bond donors (Lipinski definition) is 2. The highest BCUT2D eigenvalue weighted by molar-refractivity contribution is 5.24. The number of rotatable bonds is 7. The third-order valence-electron chi connectivity index (χ3n) is 3.34. The highest BCUT2D eigenvalue weighted by Crippen LogP contribution is 2.19. The second kappa shape index (κ2) is 7.86. The third kappa shape index (κ3) is 4.92. The average Bonchev–Trinajstić information content (AvgIpc) is 2.52. The third-order valence-corrected chi connectivity index (χ3v) is 3.34. The summed E-state index contributed by atoms with van der Waals surface area (Å²) < 4.78 is 25.3. The van der Waals surface area contributed by atoms with Crippen LogP contribution in [0.15, 0.2) is 54.6 Å². The van der Waals surface area contributed by atoms with Gasteiger partial charge >= 0.3 is 0 Å². The van der Waals surface area contributed by atoms with Crippen LogP contribution in [-0.4, -0.2) is 17.8 Å². The van der Waals surface area contributed by atoms with Gasteiger partial charge in [-0.05, 0) is 23.6 Å². The summed E-state index contributed by atoms with van der Waals surface area (Å²) in [5, 5.41) is 12.6. The summed E-state index contributed by atoms with van der Waals surface area (Å²) in [5.41, 5.74) is 1.95. The maximum absolute atomic E-state index is 12.6. The van der Waals surface area contributed by atoms with E-state index in [1.165, 1.54) is 12.1 Å². The lowest BCUT2D eigenvalue weighted by Crippen LogP contribution is -2.34. The molecule has 0 radical (unpaired) electrons. The van der Waals surface area contributed by atoms with Crippen molar-refractivity contribution in [3.8, 4) is 0 Å². The summed E-state index contributed by atoms with van der Waals surface area (Å²) in [5.74, 6) is 0. The Bertz CT molecular complexity index is 545. The Hall–Kier alpha value is -1.78. The van der Waals surface area contributed by atoms with Gasteiger partial charge in [-0.15, -0.1) is 0 Å². The molecule has 1 unspecified atom stereocenters. The van der Waals surface area contributed by atoms with Gasteiger partial charge < -0.3 is 10.4 Å². The summed E-state index contributed by atoms with van der Waals surface area (Å²) in [6.45, 7) is 0.460. The van der Waals surface area contributed by atoms with Crippen molar-refractivity contribution in [1.29, 1.82) is 0 Å². The van der Waals surface area contributed by atoms with Gasteiger partial charge in [-0.3, -0.25) is 0 Å². The molecule has 0 aliphatic rings. The zero-order valence-electron chi connectivity index (χ0n) is 11.7. The van der Waals surface area contributed by atoms with E-state index in [-0.39, 0.29) is 18.2 Å². The largest absolute Gasteiger partial charge is 0.395 e. The van der Waals surface area contributed by atoms with Crippen LogP contribution in [0.25, 0.3) is 0 Å². The molecule has 21 heavy (non-hydrogen) atoms. The van der Waals surface area contributed by atoms with Crippen molar-refractivity contribution in [2.45, 2.75) is 25.4 Å². The minimum absolute atomic E-state index is 0.00340. The van der Waals surface area contributed by atoms with Gasteiger partial charge in [-0.2, -0.15) is 0 Å². The second-order valence-corrected chi connectivity index (χ2v) is 5.00. The Balaban J connectivity index is 1.92. The van der Waals surface area contributed by atoms with E-state index in [0.717, 1.165) is 11.1 Å². The van der Waals surface area contributed by atoms with Gasteiger partial charge in [0.25, 0.3) is 6.43 Å². The van der Waals surface area contributed by atoms with Gasteiger partial charge in [0.15, 0.2) is 0 Å². The topological polar surface area (TPSA) is 32.3 Å². The average molecular weight is 291 g/mol. The fraction of sp³-hybridized carbons (Fsp3) is 0.294. The molecule has 4 heteroatoms. The molecule has 112 valence electrons. The van der Waals surface area contributed by atoms with Crippen LogP contribution in [0.4, 0.5) is 8.78 Å². The van der Waals surface area contributed by atoms with Crippen molar-refractivity contribution >= 4 is 0 Å². The van der Waals surface area contributed by atoms with E-state index in [0.29, 0.717) is 13.0 Å². The van der Waals surface area contributed by atoms with Crippen molar-refractivity contribution < 1.29 is 13.9 Å². The first-order chi connectivity index (χ1) is 10.2. The summed E-state index contributed by atoms with van der Waals surface area (Å²) in [6.07, 6.45) is -1.76. The van der Waals surface area contributed by atoms with Gasteiger partial charge in [-0.1, -0.05) is 48.5 Å². The second-order valence-electron chi connectivity index (χ2n) is 5.00. The molecule has 0 aliphatic heterocycles. The molecule has 0 amide bonds. The van der Waals surface area contributed by atoms with Crippen molar-refractivity contribution in [1.82, 2.24) is 5.32 Å². The molecule has 0 spiro atoms. The highest BCUT2D eigenvalue weighted by atomic mass is 19.3. The lowest BCUT2D eigenvalue weighted by molar-refractivity contribution is 0.151. The number of alkyl halides is 2. The van der Waals surface area contributed by atoms with Crippen LogP contribution < -0.4 is 5.32 Å². The van der Waals surface area contributed by atoms with Gasteiger partial charge in [0.2, 0.25) is 0 Å². The van der Waals surface area contributed by atoms with Gasteiger partial charge in [0, 0.05) is 18.2 Å². The molecule has 2 nitrogen and oxygen atoms in total. The van der Waals surface area contributed by atoms with Gasteiger partial charge in [0.05, 0.1) is 6.61 Å². The van der Waals surface area contributed by atoms with Crippen LogP contribution in [0.3, 0.4) is 0 Å². The molecule has 0 bridgehead atoms. The van der Waals surface area contributed by atoms with E-state index in [1.807, 2.05) is 30.3 Å². The molecule has 0 heterocycles. The molecule has 0 saturated heterocycles. The highest BCUT2D eigenvalue weighted by Gasteiger charge is 2.10. The van der Waals surface area contributed by atoms with Crippen LogP contribution in [-0.2, 0) is 13.0 Å². The molecule has 2 N–H and O–H groups in total. The maximum atomic E-state index is 12.6. The molecule has 2 aromatic carbocycles.